The molecule has 1 aliphatic heterocycles. The monoisotopic (exact) mass is 437 g/mol. The van der Waals surface area contributed by atoms with Gasteiger partial charge in [-0.3, -0.25) is 9.10 Å². The number of benzene rings is 2. The topological polar surface area (TPSA) is 86.7 Å². The summed E-state index contributed by atoms with van der Waals surface area (Å²) in [5.74, 6) is 0.458. The smallest absolute Gasteiger partial charge is 0.264 e. The molecule has 0 bridgehead atoms. The molecule has 1 aliphatic rings. The van der Waals surface area contributed by atoms with E-state index in [1.165, 1.54) is 23.5 Å². The van der Waals surface area contributed by atoms with Crippen molar-refractivity contribution in [1.29, 1.82) is 0 Å². The third-order valence-corrected chi connectivity index (χ3v) is 7.04. The number of amides is 1. The van der Waals surface area contributed by atoms with Crippen LogP contribution in [0.1, 0.15) is 10.4 Å². The maximum Gasteiger partial charge on any atom is 0.264 e. The molecule has 4 rings (SSSR count). The van der Waals surface area contributed by atoms with Gasteiger partial charge in [0.2, 0.25) is 5.95 Å². The summed E-state index contributed by atoms with van der Waals surface area (Å²) in [6, 6.07) is 16.8. The molecule has 3 aromatic rings. The van der Waals surface area contributed by atoms with Crippen molar-refractivity contribution in [3.8, 4) is 0 Å². The second-order valence-corrected chi connectivity index (χ2v) is 9.13. The molecule has 31 heavy (non-hydrogen) atoms. The summed E-state index contributed by atoms with van der Waals surface area (Å²) in [7, 11) is -2.28. The minimum atomic E-state index is -3.79. The summed E-state index contributed by atoms with van der Waals surface area (Å²) in [5.41, 5.74) is 0.908. The van der Waals surface area contributed by atoms with Gasteiger partial charge in [0.25, 0.3) is 15.9 Å². The fourth-order valence-corrected chi connectivity index (χ4v) is 4.71. The lowest BCUT2D eigenvalue weighted by molar-refractivity contribution is 0.0746. The number of carbonyl (C=O) groups excluding carboxylic acids is 1. The molecule has 1 amide bonds. The number of para-hydroxylation sites is 1. The predicted octanol–water partition coefficient (Wildman–Crippen LogP) is 2.26. The molecule has 0 spiro atoms. The lowest BCUT2D eigenvalue weighted by Crippen LogP contribution is -2.49. The molecule has 160 valence electrons. The summed E-state index contributed by atoms with van der Waals surface area (Å²) in [6.07, 6.45) is 3.39. The maximum absolute atomic E-state index is 13.1. The minimum absolute atomic E-state index is 0.0843. The second kappa shape index (κ2) is 8.73. The number of sulfonamides is 1. The molecular formula is C22H23N5O3S. The molecular weight excluding hydrogens is 414 g/mol. The lowest BCUT2D eigenvalue weighted by atomic mass is 10.2. The van der Waals surface area contributed by atoms with Crippen LogP contribution in [0, 0.1) is 0 Å². The highest BCUT2D eigenvalue weighted by Crippen LogP contribution is 2.23. The van der Waals surface area contributed by atoms with E-state index in [1.54, 1.807) is 59.8 Å². The van der Waals surface area contributed by atoms with Gasteiger partial charge in [0.05, 0.1) is 10.6 Å². The van der Waals surface area contributed by atoms with Gasteiger partial charge in [0.1, 0.15) is 0 Å². The van der Waals surface area contributed by atoms with Gasteiger partial charge in [-0.1, -0.05) is 24.3 Å². The first-order valence-corrected chi connectivity index (χ1v) is 11.4. The first-order chi connectivity index (χ1) is 15.0. The summed E-state index contributed by atoms with van der Waals surface area (Å²) in [4.78, 5) is 25.4. The van der Waals surface area contributed by atoms with E-state index >= 15 is 0 Å². The zero-order valence-corrected chi connectivity index (χ0v) is 17.9. The lowest BCUT2D eigenvalue weighted by Gasteiger charge is -2.34. The van der Waals surface area contributed by atoms with Gasteiger partial charge in [-0.25, -0.2) is 18.4 Å². The van der Waals surface area contributed by atoms with Crippen LogP contribution in [0.15, 0.2) is 78.0 Å². The SMILES string of the molecule is CN(c1ccccc1)S(=O)(=O)c1cccc(C(=O)N2CCN(c3ncccn3)CC2)c1. The standard InChI is InChI=1S/C22H23N5O3S/c1-25(19-8-3-2-4-9-19)31(29,30)20-10-5-7-18(17-20)21(28)26-13-15-27(16-14-26)22-23-11-6-12-24-22/h2-12,17H,13-16H2,1H3. The molecule has 0 unspecified atom stereocenters. The first-order valence-electron chi connectivity index (χ1n) is 9.92. The van der Waals surface area contributed by atoms with E-state index in [1.807, 2.05) is 11.0 Å². The summed E-state index contributed by atoms with van der Waals surface area (Å²) in [6.45, 7) is 2.25. The minimum Gasteiger partial charge on any atom is -0.337 e. The van der Waals surface area contributed by atoms with E-state index in [2.05, 4.69) is 9.97 Å². The van der Waals surface area contributed by atoms with Crippen LogP contribution in [0.2, 0.25) is 0 Å². The van der Waals surface area contributed by atoms with Crippen molar-refractivity contribution in [2.45, 2.75) is 4.90 Å². The summed E-state index contributed by atoms with van der Waals surface area (Å²) in [5, 5.41) is 0. The molecule has 0 atom stereocenters. The van der Waals surface area contributed by atoms with E-state index in [4.69, 9.17) is 0 Å². The Hall–Kier alpha value is -3.46. The normalized spacial score (nSPS) is 14.4. The van der Waals surface area contributed by atoms with Gasteiger partial charge in [0.15, 0.2) is 0 Å². The van der Waals surface area contributed by atoms with Crippen molar-refractivity contribution in [2.75, 3.05) is 42.4 Å². The van der Waals surface area contributed by atoms with Crippen LogP contribution in [0.3, 0.4) is 0 Å². The quantitative estimate of drug-likeness (QED) is 0.609. The van der Waals surface area contributed by atoms with Gasteiger partial charge in [-0.05, 0) is 36.4 Å². The highest BCUT2D eigenvalue weighted by atomic mass is 32.2. The average Bonchev–Trinajstić information content (AvgIpc) is 2.84. The van der Waals surface area contributed by atoms with E-state index < -0.39 is 10.0 Å². The number of nitrogens with zero attached hydrogens (tertiary/aromatic N) is 5. The van der Waals surface area contributed by atoms with Crippen molar-refractivity contribution in [3.63, 3.8) is 0 Å². The van der Waals surface area contributed by atoms with E-state index in [0.717, 1.165) is 0 Å². The maximum atomic E-state index is 13.1. The Morgan fingerprint density at radius 3 is 2.26 bits per heavy atom. The zero-order chi connectivity index (χ0) is 21.8. The van der Waals surface area contributed by atoms with Crippen LogP contribution < -0.4 is 9.21 Å². The highest BCUT2D eigenvalue weighted by molar-refractivity contribution is 7.92. The van der Waals surface area contributed by atoms with Crippen molar-refractivity contribution in [2.24, 2.45) is 0 Å². The van der Waals surface area contributed by atoms with Crippen LogP contribution in [-0.4, -0.2) is 62.4 Å². The molecule has 9 heteroatoms. The number of carbonyl (C=O) groups is 1. The van der Waals surface area contributed by atoms with Gasteiger partial charge < -0.3 is 9.80 Å². The zero-order valence-electron chi connectivity index (χ0n) is 17.1. The fraction of sp³-hybridized carbons (Fsp3) is 0.227. The Morgan fingerprint density at radius 2 is 1.58 bits per heavy atom. The number of piperazine rings is 1. The van der Waals surface area contributed by atoms with Crippen molar-refractivity contribution >= 4 is 27.6 Å². The Morgan fingerprint density at radius 1 is 0.903 bits per heavy atom. The Bertz CT molecular complexity index is 1150. The van der Waals surface area contributed by atoms with Crippen LogP contribution in [0.5, 0.6) is 0 Å². The fourth-order valence-electron chi connectivity index (χ4n) is 3.47. The molecule has 2 heterocycles. The number of anilines is 2. The number of aromatic nitrogens is 2. The summed E-state index contributed by atoms with van der Waals surface area (Å²) >= 11 is 0. The van der Waals surface area contributed by atoms with Gasteiger partial charge in [0, 0.05) is 51.2 Å². The Balaban J connectivity index is 1.49. The molecule has 2 aromatic carbocycles. The second-order valence-electron chi connectivity index (χ2n) is 7.16. The average molecular weight is 438 g/mol. The number of hydrogen-bond donors (Lipinski definition) is 0. The van der Waals surface area contributed by atoms with Gasteiger partial charge >= 0.3 is 0 Å². The van der Waals surface area contributed by atoms with Crippen LogP contribution in [-0.2, 0) is 10.0 Å². The van der Waals surface area contributed by atoms with Crippen LogP contribution >= 0.6 is 0 Å². The third-order valence-electron chi connectivity index (χ3n) is 5.26. The van der Waals surface area contributed by atoms with E-state index in [9.17, 15) is 13.2 Å². The Kier molecular flexibility index (Phi) is 5.85. The molecule has 0 N–H and O–H groups in total. The number of rotatable bonds is 5. The molecule has 0 aliphatic carbocycles. The van der Waals surface area contributed by atoms with Crippen molar-refractivity contribution < 1.29 is 13.2 Å². The molecule has 0 radical (unpaired) electrons. The predicted molar refractivity (Wildman–Crippen MR) is 119 cm³/mol. The third kappa shape index (κ3) is 4.36. The first kappa shape index (κ1) is 20.8. The molecule has 1 fully saturated rings. The molecule has 0 saturated carbocycles. The highest BCUT2D eigenvalue weighted by Gasteiger charge is 2.26. The van der Waals surface area contributed by atoms with Crippen molar-refractivity contribution in [1.82, 2.24) is 14.9 Å². The molecule has 8 nitrogen and oxygen atoms in total. The largest absolute Gasteiger partial charge is 0.337 e. The summed E-state index contributed by atoms with van der Waals surface area (Å²) < 4.78 is 27.3. The molecule has 1 saturated heterocycles. The van der Waals surface area contributed by atoms with Gasteiger partial charge in [-0.15, -0.1) is 0 Å². The van der Waals surface area contributed by atoms with Crippen LogP contribution in [0.25, 0.3) is 0 Å². The Labute approximate surface area is 181 Å². The van der Waals surface area contributed by atoms with Gasteiger partial charge in [-0.2, -0.15) is 0 Å². The molecule has 1 aromatic heterocycles. The van der Waals surface area contributed by atoms with Crippen molar-refractivity contribution in [3.05, 3.63) is 78.6 Å². The van der Waals surface area contributed by atoms with E-state index in [-0.39, 0.29) is 10.8 Å². The van der Waals surface area contributed by atoms with Crippen LogP contribution in [0.4, 0.5) is 11.6 Å². The number of hydrogen-bond acceptors (Lipinski definition) is 6. The van der Waals surface area contributed by atoms with E-state index in [0.29, 0.717) is 43.4 Å².